The van der Waals surface area contributed by atoms with Crippen molar-refractivity contribution in [2.24, 2.45) is 0 Å². The molecule has 4 heteroatoms. The normalized spacial score (nSPS) is 14.6. The second-order valence-electron chi connectivity index (χ2n) is 19.7. The molecule has 0 atom stereocenters. The molecule has 10 aromatic carbocycles. The van der Waals surface area contributed by atoms with Crippen LogP contribution < -0.4 is 9.80 Å². The second kappa shape index (κ2) is 14.1. The van der Waals surface area contributed by atoms with Gasteiger partial charge in [-0.25, -0.2) is 0 Å². The topological polar surface area (TPSA) is 32.8 Å². The van der Waals surface area contributed by atoms with Gasteiger partial charge in [0.25, 0.3) is 0 Å². The molecule has 4 heterocycles. The first-order chi connectivity index (χ1) is 33.2. The average Bonchev–Trinajstić information content (AvgIpc) is 3.92. The third-order valence-corrected chi connectivity index (χ3v) is 15.1. The largest absolute Gasteiger partial charge is 0.456 e. The lowest BCUT2D eigenvalue weighted by Gasteiger charge is -2.42. The van der Waals surface area contributed by atoms with Crippen LogP contribution in [0.3, 0.4) is 0 Å². The number of hydrogen-bond donors (Lipinski definition) is 0. The number of benzene rings is 10. The lowest BCUT2D eigenvalue weighted by atomic mass is 9.73. The van der Waals surface area contributed by atoms with Crippen molar-refractivity contribution in [3.05, 3.63) is 229 Å². The Hall–Kier alpha value is -8.34. The van der Waals surface area contributed by atoms with Gasteiger partial charge in [0.1, 0.15) is 22.3 Å². The molecule has 2 aromatic heterocycles. The summed E-state index contributed by atoms with van der Waals surface area (Å²) in [6.45, 7) is 9.35. The number of nitrogens with zero attached hydrogens (tertiary/aromatic N) is 2. The molecule has 0 unspecified atom stereocenters. The van der Waals surface area contributed by atoms with Crippen LogP contribution in [-0.4, -0.2) is 0 Å². The number of anilines is 6. The number of furan rings is 2. The molecule has 0 spiro atoms. The Bertz CT molecular complexity index is 3780. The maximum atomic E-state index is 7.14. The molecule has 0 amide bonds. The molecule has 0 bridgehead atoms. The maximum Gasteiger partial charge on any atom is 0.141 e. The number of hydrogen-bond acceptors (Lipinski definition) is 4. The van der Waals surface area contributed by atoms with Crippen molar-refractivity contribution in [3.63, 3.8) is 0 Å². The van der Waals surface area contributed by atoms with E-state index in [0.717, 1.165) is 77.4 Å². The fourth-order valence-electron chi connectivity index (χ4n) is 11.9. The zero-order valence-electron chi connectivity index (χ0n) is 38.3. The van der Waals surface area contributed by atoms with Crippen molar-refractivity contribution < 1.29 is 8.83 Å². The zero-order chi connectivity index (χ0) is 45.5. The van der Waals surface area contributed by atoms with Gasteiger partial charge >= 0.3 is 0 Å². The third kappa shape index (κ3) is 5.49. The van der Waals surface area contributed by atoms with E-state index < -0.39 is 0 Å². The summed E-state index contributed by atoms with van der Waals surface area (Å²) in [4.78, 5) is 4.84. The molecule has 4 nitrogen and oxygen atoms in total. The van der Waals surface area contributed by atoms with Gasteiger partial charge < -0.3 is 18.6 Å². The highest BCUT2D eigenvalue weighted by Crippen LogP contribution is 2.57. The molecule has 2 aliphatic rings. The van der Waals surface area contributed by atoms with Gasteiger partial charge in [0.05, 0.1) is 22.7 Å². The van der Waals surface area contributed by atoms with Gasteiger partial charge in [-0.2, -0.15) is 0 Å². The summed E-state index contributed by atoms with van der Waals surface area (Å²) < 4.78 is 14.3. The van der Waals surface area contributed by atoms with Crippen molar-refractivity contribution in [2.45, 2.75) is 38.5 Å². The van der Waals surface area contributed by atoms with Gasteiger partial charge in [-0.05, 0) is 129 Å². The van der Waals surface area contributed by atoms with Gasteiger partial charge in [0.2, 0.25) is 0 Å². The van der Waals surface area contributed by atoms with Gasteiger partial charge in [0, 0.05) is 54.9 Å². The fourth-order valence-corrected chi connectivity index (χ4v) is 11.9. The highest BCUT2D eigenvalue weighted by atomic mass is 16.3. The molecule has 0 radical (unpaired) electrons. The zero-order valence-corrected chi connectivity index (χ0v) is 38.3. The highest BCUT2D eigenvalue weighted by molar-refractivity contribution is 6.17. The van der Waals surface area contributed by atoms with E-state index in [4.69, 9.17) is 8.83 Å². The van der Waals surface area contributed by atoms with Crippen LogP contribution in [0.5, 0.6) is 0 Å². The molecule has 0 N–H and O–H groups in total. The summed E-state index contributed by atoms with van der Waals surface area (Å²) in [5.41, 5.74) is 19.5. The molecular formula is C64H46N2O2. The molecule has 0 fully saturated rings. The van der Waals surface area contributed by atoms with E-state index in [1.807, 2.05) is 0 Å². The Morgan fingerprint density at radius 1 is 0.324 bits per heavy atom. The van der Waals surface area contributed by atoms with E-state index in [1.54, 1.807) is 0 Å². The lowest BCUT2D eigenvalue weighted by molar-refractivity contribution is 0.602. The van der Waals surface area contributed by atoms with E-state index in [0.29, 0.717) is 0 Å². The first-order valence-corrected chi connectivity index (χ1v) is 23.7. The van der Waals surface area contributed by atoms with Crippen LogP contribution in [-0.2, 0) is 10.8 Å². The van der Waals surface area contributed by atoms with Crippen molar-refractivity contribution >= 4 is 88.8 Å². The SMILES string of the molecule is CC1(C)c2ccccc2N(c2cccc(-c3ccccc3)c2)c2ccc3c(oc4cc5cc6c(cc5cc43)oc3c4c(ccc36)N(c3cccc(-c5ccccc5)c3)c3ccccc3C4(C)C)c21. The smallest absolute Gasteiger partial charge is 0.141 e. The van der Waals surface area contributed by atoms with E-state index >= 15 is 0 Å². The summed E-state index contributed by atoms with van der Waals surface area (Å²) in [6.07, 6.45) is 0. The van der Waals surface area contributed by atoms with Crippen LogP contribution in [0.15, 0.2) is 215 Å². The molecule has 0 saturated heterocycles. The van der Waals surface area contributed by atoms with Gasteiger partial charge in [0.15, 0.2) is 0 Å². The van der Waals surface area contributed by atoms with E-state index in [9.17, 15) is 0 Å². The Balaban J connectivity index is 0.933. The van der Waals surface area contributed by atoms with Crippen LogP contribution >= 0.6 is 0 Å². The number of fused-ring (bicyclic) bond motifs is 13. The predicted molar refractivity (Wildman–Crippen MR) is 283 cm³/mol. The molecular weight excluding hydrogens is 829 g/mol. The summed E-state index contributed by atoms with van der Waals surface area (Å²) in [7, 11) is 0. The molecule has 0 saturated carbocycles. The van der Waals surface area contributed by atoms with Crippen molar-refractivity contribution in [1.29, 1.82) is 0 Å². The van der Waals surface area contributed by atoms with E-state index in [-0.39, 0.29) is 10.8 Å². The molecule has 68 heavy (non-hydrogen) atoms. The van der Waals surface area contributed by atoms with Crippen LogP contribution in [0.4, 0.5) is 34.1 Å². The van der Waals surface area contributed by atoms with Crippen LogP contribution in [0.2, 0.25) is 0 Å². The van der Waals surface area contributed by atoms with Crippen molar-refractivity contribution in [2.75, 3.05) is 9.80 Å². The third-order valence-electron chi connectivity index (χ3n) is 15.1. The van der Waals surface area contributed by atoms with E-state index in [1.165, 1.54) is 55.9 Å². The minimum Gasteiger partial charge on any atom is -0.456 e. The van der Waals surface area contributed by atoms with Gasteiger partial charge in [-0.1, -0.05) is 149 Å². The molecule has 0 aliphatic carbocycles. The fraction of sp³-hybridized carbons (Fsp3) is 0.0938. The standard InChI is InChI=1S/C64H46N2O2/c1-63(2)51-25-11-13-27-53(51)65(45-23-15-21-41(33-45)39-17-7-5-8-18-39)55-31-29-47-49-35-43-38-58-50(36-44(43)37-57(49)67-61(47)59(55)63)48-30-32-56-60(62(48)68-58)64(3,4)52-26-12-14-28-54(52)66(56)46-24-16-22-42(34-46)40-19-9-6-10-20-40/h5-38H,1-4H3. The Morgan fingerprint density at radius 3 is 1.16 bits per heavy atom. The minimum absolute atomic E-state index is 0.335. The lowest BCUT2D eigenvalue weighted by Crippen LogP contribution is -2.30. The second-order valence-corrected chi connectivity index (χ2v) is 19.7. The summed E-state index contributed by atoms with van der Waals surface area (Å²) >= 11 is 0. The Morgan fingerprint density at radius 2 is 0.721 bits per heavy atom. The minimum atomic E-state index is -0.335. The van der Waals surface area contributed by atoms with Crippen LogP contribution in [0.25, 0.3) is 76.9 Å². The predicted octanol–water partition coefficient (Wildman–Crippen LogP) is 18.2. The monoisotopic (exact) mass is 874 g/mol. The Kier molecular flexibility index (Phi) is 8.06. The van der Waals surface area contributed by atoms with Gasteiger partial charge in [-0.3, -0.25) is 0 Å². The molecule has 2 aliphatic heterocycles. The number of para-hydroxylation sites is 2. The highest BCUT2D eigenvalue weighted by Gasteiger charge is 2.41. The van der Waals surface area contributed by atoms with Gasteiger partial charge in [-0.15, -0.1) is 0 Å². The maximum absolute atomic E-state index is 7.14. The Labute approximate surface area is 394 Å². The summed E-state index contributed by atoms with van der Waals surface area (Å²) in [5, 5.41) is 6.66. The van der Waals surface area contributed by atoms with Crippen LogP contribution in [0.1, 0.15) is 49.9 Å². The first kappa shape index (κ1) is 38.9. The molecule has 324 valence electrons. The number of rotatable bonds is 4. The summed E-state index contributed by atoms with van der Waals surface area (Å²) in [5.74, 6) is 0. The average molecular weight is 875 g/mol. The molecule has 14 rings (SSSR count). The first-order valence-electron chi connectivity index (χ1n) is 23.7. The van der Waals surface area contributed by atoms with Crippen molar-refractivity contribution in [3.8, 4) is 22.3 Å². The van der Waals surface area contributed by atoms with Crippen LogP contribution in [0, 0.1) is 0 Å². The quantitative estimate of drug-likeness (QED) is 0.176. The summed E-state index contributed by atoms with van der Waals surface area (Å²) in [6, 6.07) is 74.9. The molecule has 12 aromatic rings. The van der Waals surface area contributed by atoms with Crippen molar-refractivity contribution in [1.82, 2.24) is 0 Å². The van der Waals surface area contributed by atoms with E-state index in [2.05, 4.69) is 244 Å².